The molecule has 6 aromatic rings. The summed E-state index contributed by atoms with van der Waals surface area (Å²) in [4.78, 5) is 22.3. The first kappa shape index (κ1) is 20.7. The summed E-state index contributed by atoms with van der Waals surface area (Å²) in [5, 5.41) is 13.5. The Morgan fingerprint density at radius 1 is 1.09 bits per heavy atom. The van der Waals surface area contributed by atoms with Crippen LogP contribution in [0.1, 0.15) is 11.3 Å². The Bertz CT molecular complexity index is 1790. The van der Waals surface area contributed by atoms with Gasteiger partial charge in [-0.3, -0.25) is 14.5 Å². The summed E-state index contributed by atoms with van der Waals surface area (Å²) in [7, 11) is 0. The van der Waals surface area contributed by atoms with Gasteiger partial charge in [-0.15, -0.1) is 0 Å². The van der Waals surface area contributed by atoms with Gasteiger partial charge in [0, 0.05) is 17.5 Å². The van der Waals surface area contributed by atoms with Crippen molar-refractivity contribution in [2.24, 2.45) is 0 Å². The Hall–Kier alpha value is -4.86. The SMILES string of the molecule is Cc1cccc2cc(Cn3nc(-c4cn[nH]c4)c4c(N)ncnc43)n(-c3cccc(F)c3)c(=O)c12. The van der Waals surface area contributed by atoms with E-state index in [1.54, 1.807) is 29.2 Å². The number of H-pyrrole nitrogens is 1. The number of pyridine rings is 1. The fourth-order valence-corrected chi connectivity index (χ4v) is 4.48. The van der Waals surface area contributed by atoms with E-state index in [9.17, 15) is 9.18 Å². The topological polar surface area (TPSA) is 120 Å². The molecule has 6 rings (SSSR count). The number of hydrogen-bond acceptors (Lipinski definition) is 6. The molecule has 0 aliphatic rings. The highest BCUT2D eigenvalue weighted by Gasteiger charge is 2.20. The van der Waals surface area contributed by atoms with E-state index >= 15 is 0 Å². The molecular formula is C25H19FN8O. The molecule has 0 saturated carbocycles. The number of nitrogens with two attached hydrogens (primary N) is 1. The van der Waals surface area contributed by atoms with Crippen LogP contribution in [0.3, 0.4) is 0 Å². The van der Waals surface area contributed by atoms with Crippen LogP contribution >= 0.6 is 0 Å². The standard InChI is InChI=1S/C25H19FN8O/c1-14-4-2-5-15-8-19(34(25(35)20(14)15)18-7-3-6-17(26)9-18)12-33-24-21(23(27)28-13-29-24)22(32-33)16-10-30-31-11-16/h2-11,13H,12H2,1H3,(H,30,31)(H2,27,28,29). The molecule has 4 heterocycles. The second-order valence-corrected chi connectivity index (χ2v) is 8.25. The highest BCUT2D eigenvalue weighted by molar-refractivity contribution is 5.98. The van der Waals surface area contributed by atoms with Crippen LogP contribution < -0.4 is 11.3 Å². The zero-order valence-electron chi connectivity index (χ0n) is 18.6. The number of nitrogens with one attached hydrogen (secondary N) is 1. The van der Waals surface area contributed by atoms with Gasteiger partial charge in [0.15, 0.2) is 5.65 Å². The molecule has 3 N–H and O–H groups in total. The van der Waals surface area contributed by atoms with Gasteiger partial charge < -0.3 is 5.73 Å². The van der Waals surface area contributed by atoms with Crippen molar-refractivity contribution in [3.8, 4) is 16.9 Å². The minimum atomic E-state index is -0.433. The van der Waals surface area contributed by atoms with Crippen LogP contribution in [0.25, 0.3) is 38.8 Å². The number of nitrogens with zero attached hydrogens (tertiary/aromatic N) is 6. The van der Waals surface area contributed by atoms with Gasteiger partial charge in [0.25, 0.3) is 5.56 Å². The van der Waals surface area contributed by atoms with Crippen molar-refractivity contribution in [2.45, 2.75) is 13.5 Å². The second-order valence-electron chi connectivity index (χ2n) is 8.25. The lowest BCUT2D eigenvalue weighted by Gasteiger charge is -2.16. The summed E-state index contributed by atoms with van der Waals surface area (Å²) in [5.74, 6) is -0.147. The van der Waals surface area contributed by atoms with Gasteiger partial charge in [-0.1, -0.05) is 24.3 Å². The normalized spacial score (nSPS) is 11.5. The van der Waals surface area contributed by atoms with Gasteiger partial charge >= 0.3 is 0 Å². The number of aromatic amines is 1. The largest absolute Gasteiger partial charge is 0.383 e. The molecule has 2 aromatic carbocycles. The molecule has 0 amide bonds. The minimum Gasteiger partial charge on any atom is -0.383 e. The van der Waals surface area contributed by atoms with Crippen molar-refractivity contribution in [1.82, 2.24) is 34.5 Å². The maximum absolute atomic E-state index is 14.2. The Morgan fingerprint density at radius 3 is 2.74 bits per heavy atom. The number of aryl methyl sites for hydroxylation is 1. The molecular weight excluding hydrogens is 447 g/mol. The Kier molecular flexibility index (Phi) is 4.66. The second kappa shape index (κ2) is 7.87. The van der Waals surface area contributed by atoms with Crippen molar-refractivity contribution in [2.75, 3.05) is 5.73 Å². The molecule has 0 unspecified atom stereocenters. The Morgan fingerprint density at radius 2 is 1.94 bits per heavy atom. The molecule has 172 valence electrons. The number of benzene rings is 2. The summed E-state index contributed by atoms with van der Waals surface area (Å²) in [5.41, 5.74) is 9.65. The Labute approximate surface area is 197 Å². The highest BCUT2D eigenvalue weighted by atomic mass is 19.1. The average molecular weight is 466 g/mol. The molecule has 0 saturated heterocycles. The van der Waals surface area contributed by atoms with Crippen LogP contribution in [0.2, 0.25) is 0 Å². The van der Waals surface area contributed by atoms with Crippen molar-refractivity contribution in [1.29, 1.82) is 0 Å². The highest BCUT2D eigenvalue weighted by Crippen LogP contribution is 2.30. The first-order valence-electron chi connectivity index (χ1n) is 10.9. The van der Waals surface area contributed by atoms with E-state index in [1.807, 2.05) is 31.2 Å². The van der Waals surface area contributed by atoms with Crippen LogP contribution in [0.15, 0.2) is 72.0 Å². The molecule has 0 aliphatic heterocycles. The van der Waals surface area contributed by atoms with E-state index in [0.29, 0.717) is 33.5 Å². The molecule has 0 aliphatic carbocycles. The molecule has 4 aromatic heterocycles. The maximum atomic E-state index is 14.2. The molecule has 0 spiro atoms. The predicted octanol–water partition coefficient (Wildman–Crippen LogP) is 3.60. The van der Waals surface area contributed by atoms with Crippen molar-refractivity contribution >= 4 is 27.6 Å². The molecule has 0 atom stereocenters. The van der Waals surface area contributed by atoms with E-state index in [1.165, 1.54) is 23.0 Å². The smallest absolute Gasteiger partial charge is 0.263 e. The van der Waals surface area contributed by atoms with Gasteiger partial charge in [-0.25, -0.2) is 19.0 Å². The lowest BCUT2D eigenvalue weighted by molar-refractivity contribution is 0.624. The van der Waals surface area contributed by atoms with E-state index < -0.39 is 5.82 Å². The number of hydrogen-bond donors (Lipinski definition) is 2. The van der Waals surface area contributed by atoms with Crippen LogP contribution in [0, 0.1) is 12.7 Å². The van der Waals surface area contributed by atoms with Gasteiger partial charge in [-0.2, -0.15) is 10.2 Å². The molecule has 35 heavy (non-hydrogen) atoms. The molecule has 0 radical (unpaired) electrons. The summed E-state index contributed by atoms with van der Waals surface area (Å²) >= 11 is 0. The first-order chi connectivity index (χ1) is 17.0. The molecule has 0 bridgehead atoms. The van der Waals surface area contributed by atoms with Crippen LogP contribution in [-0.2, 0) is 6.54 Å². The van der Waals surface area contributed by atoms with E-state index in [2.05, 4.69) is 20.2 Å². The van der Waals surface area contributed by atoms with Crippen LogP contribution in [-0.4, -0.2) is 34.5 Å². The average Bonchev–Trinajstić information content (AvgIpc) is 3.48. The van der Waals surface area contributed by atoms with Gasteiger partial charge in [-0.05, 0) is 42.1 Å². The fourth-order valence-electron chi connectivity index (χ4n) is 4.48. The van der Waals surface area contributed by atoms with Crippen molar-refractivity contribution in [3.05, 3.63) is 94.7 Å². The predicted molar refractivity (Wildman–Crippen MR) is 131 cm³/mol. The van der Waals surface area contributed by atoms with E-state index in [0.717, 1.165) is 16.5 Å². The maximum Gasteiger partial charge on any atom is 0.263 e. The van der Waals surface area contributed by atoms with Crippen LogP contribution in [0.4, 0.5) is 10.2 Å². The van der Waals surface area contributed by atoms with Gasteiger partial charge in [0.05, 0.1) is 29.2 Å². The number of aromatic nitrogens is 7. The van der Waals surface area contributed by atoms with E-state index in [4.69, 9.17) is 10.8 Å². The number of fused-ring (bicyclic) bond motifs is 2. The molecule has 10 heteroatoms. The summed E-state index contributed by atoms with van der Waals surface area (Å²) in [6.07, 6.45) is 4.72. The third-order valence-corrected chi connectivity index (χ3v) is 6.04. The number of rotatable bonds is 4. The summed E-state index contributed by atoms with van der Waals surface area (Å²) in [6, 6.07) is 13.6. The van der Waals surface area contributed by atoms with Crippen molar-refractivity contribution in [3.63, 3.8) is 0 Å². The minimum absolute atomic E-state index is 0.181. The van der Waals surface area contributed by atoms with Gasteiger partial charge in [0.1, 0.15) is 23.7 Å². The van der Waals surface area contributed by atoms with E-state index in [-0.39, 0.29) is 17.9 Å². The zero-order valence-corrected chi connectivity index (χ0v) is 18.6. The zero-order chi connectivity index (χ0) is 24.1. The Balaban J connectivity index is 1.63. The quantitative estimate of drug-likeness (QED) is 0.410. The number of nitrogen functional groups attached to an aromatic ring is 1. The lowest BCUT2D eigenvalue weighted by Crippen LogP contribution is -2.24. The monoisotopic (exact) mass is 466 g/mol. The summed E-state index contributed by atoms with van der Waals surface area (Å²) < 4.78 is 17.4. The molecule has 0 fully saturated rings. The number of halogens is 1. The number of anilines is 1. The third kappa shape index (κ3) is 3.34. The lowest BCUT2D eigenvalue weighted by atomic mass is 10.1. The first-order valence-corrected chi connectivity index (χ1v) is 10.9. The third-order valence-electron chi connectivity index (χ3n) is 6.04. The fraction of sp³-hybridized carbons (Fsp3) is 0.0800. The van der Waals surface area contributed by atoms with Crippen molar-refractivity contribution < 1.29 is 4.39 Å². The summed E-state index contributed by atoms with van der Waals surface area (Å²) in [6.45, 7) is 2.07. The van der Waals surface area contributed by atoms with Gasteiger partial charge in [0.2, 0.25) is 0 Å². The molecule has 9 nitrogen and oxygen atoms in total. The van der Waals surface area contributed by atoms with Crippen LogP contribution in [0.5, 0.6) is 0 Å².